The highest BCUT2D eigenvalue weighted by atomic mass is 14.7. The van der Waals surface area contributed by atoms with E-state index in [4.69, 9.17) is 19.9 Å². The molecule has 20 aromatic rings. The third kappa shape index (κ3) is 9.17. The van der Waals surface area contributed by atoms with Crippen LogP contribution < -0.4 is 0 Å². The molecule has 0 unspecified atom stereocenters. The summed E-state index contributed by atoms with van der Waals surface area (Å²) >= 11 is 0. The lowest BCUT2D eigenvalue weighted by atomic mass is 9.94. The fraction of sp³-hybridized carbons (Fsp3) is 0.0800. The predicted molar refractivity (Wildman–Crippen MR) is 439 cm³/mol. The van der Waals surface area contributed by atoms with Crippen LogP contribution in [0, 0.1) is 27.7 Å². The molecule has 16 aromatic carbocycles. The molecule has 0 atom stereocenters. The number of benzene rings is 16. The van der Waals surface area contributed by atoms with Crippen molar-refractivity contribution in [2.75, 3.05) is 0 Å². The summed E-state index contributed by atoms with van der Waals surface area (Å²) < 4.78 is 0. The van der Waals surface area contributed by atoms with Gasteiger partial charge < -0.3 is 0 Å². The van der Waals surface area contributed by atoms with Crippen molar-refractivity contribution in [1.82, 2.24) is 19.9 Å². The van der Waals surface area contributed by atoms with Gasteiger partial charge in [-0.3, -0.25) is 15.0 Å². The molecule has 0 saturated heterocycles. The zero-order valence-corrected chi connectivity index (χ0v) is 58.3. The van der Waals surface area contributed by atoms with Crippen LogP contribution >= 0.6 is 0 Å². The Bertz CT molecular complexity index is 7140. The lowest BCUT2D eigenvalue weighted by Gasteiger charge is -2.10. The van der Waals surface area contributed by atoms with E-state index in [1.54, 1.807) is 0 Å². The van der Waals surface area contributed by atoms with Crippen molar-refractivity contribution in [1.29, 1.82) is 0 Å². The van der Waals surface area contributed by atoms with Gasteiger partial charge in [0.1, 0.15) is 0 Å². The predicted octanol–water partition coefficient (Wildman–Crippen LogP) is 25.7. The second-order valence-electron chi connectivity index (χ2n) is 28.9. The first kappa shape index (κ1) is 60.0. The molecule has 104 heavy (non-hydrogen) atoms. The Balaban J connectivity index is 0.0000000896. The smallest absolute Gasteiger partial charge is 0.0750 e. The van der Waals surface area contributed by atoms with Gasteiger partial charge >= 0.3 is 0 Å². The van der Waals surface area contributed by atoms with Gasteiger partial charge in [0.25, 0.3) is 0 Å². The molecule has 24 rings (SSSR count). The minimum absolute atomic E-state index is 0.962. The van der Waals surface area contributed by atoms with Gasteiger partial charge in [-0.15, -0.1) is 0 Å². The fourth-order valence-electron chi connectivity index (χ4n) is 18.6. The van der Waals surface area contributed by atoms with Crippen molar-refractivity contribution in [3.05, 3.63) is 358 Å². The van der Waals surface area contributed by atoms with Crippen molar-refractivity contribution in [3.63, 3.8) is 0 Å². The van der Waals surface area contributed by atoms with Crippen molar-refractivity contribution in [2.45, 2.75) is 53.4 Å². The van der Waals surface area contributed by atoms with E-state index in [2.05, 4.69) is 319 Å². The lowest BCUT2D eigenvalue weighted by Crippen LogP contribution is -1.93. The van der Waals surface area contributed by atoms with E-state index in [-0.39, 0.29) is 0 Å². The monoisotopic (exact) mass is 1320 g/mol. The minimum atomic E-state index is 0.962. The molecule has 0 aliphatic heterocycles. The topological polar surface area (TPSA) is 51.6 Å². The van der Waals surface area contributed by atoms with Gasteiger partial charge in [0.05, 0.1) is 27.9 Å². The number of fused-ring (bicyclic) bond motifs is 35. The summed E-state index contributed by atoms with van der Waals surface area (Å²) in [5, 5.41) is 27.9. The average Bonchev–Trinajstić information content (AvgIpc) is 1.53. The molecule has 4 nitrogen and oxygen atoms in total. The maximum absolute atomic E-state index is 5.04. The van der Waals surface area contributed by atoms with Crippen molar-refractivity contribution >= 4 is 130 Å². The average molecular weight is 1330 g/mol. The molecule has 4 heterocycles. The molecule has 4 aliphatic carbocycles. The zero-order valence-electron chi connectivity index (χ0n) is 58.3. The SMILES string of the molecule is Cc1c2c(nc3ccccc13)-c1ccc3ccc4ccccc4c3c1C2.Cc1nc2c(c3ccccc13)Cc1c-2ccc2ccc3ccccc3c12.Cc1nc2ccccc2c2c1Cc1c-2ccc2c1ccc1ccccc12.Cc1nc2ccccc2c2c1Cc1c-2ccc2ccc3ccccc3c12. The van der Waals surface area contributed by atoms with Crippen LogP contribution in [0.15, 0.2) is 291 Å². The molecule has 4 aliphatic rings. The van der Waals surface area contributed by atoms with Crippen molar-refractivity contribution in [3.8, 4) is 44.8 Å². The summed E-state index contributed by atoms with van der Waals surface area (Å²) in [6.45, 7) is 8.66. The van der Waals surface area contributed by atoms with Crippen LogP contribution in [0.5, 0.6) is 0 Å². The number of nitrogens with zero attached hydrogens (tertiary/aromatic N) is 4. The number of hydrogen-bond acceptors (Lipinski definition) is 4. The highest BCUT2D eigenvalue weighted by molar-refractivity contribution is 6.17. The lowest BCUT2D eigenvalue weighted by molar-refractivity contribution is 1.15. The molecule has 0 spiro atoms. The van der Waals surface area contributed by atoms with E-state index in [0.717, 1.165) is 59.3 Å². The molecule has 0 saturated carbocycles. The Hall–Kier alpha value is -12.8. The first-order valence-electron chi connectivity index (χ1n) is 36.5. The zero-order chi connectivity index (χ0) is 69.0. The molecule has 4 heteroatoms. The molecule has 0 radical (unpaired) electrons. The quantitative estimate of drug-likeness (QED) is 0.142. The highest BCUT2D eigenvalue weighted by Crippen LogP contribution is 2.50. The van der Waals surface area contributed by atoms with Crippen LogP contribution in [0.1, 0.15) is 67.2 Å². The number of aryl methyl sites for hydroxylation is 4. The van der Waals surface area contributed by atoms with Crippen LogP contribution in [0.3, 0.4) is 0 Å². The van der Waals surface area contributed by atoms with Crippen molar-refractivity contribution < 1.29 is 0 Å². The number of hydrogen-bond donors (Lipinski definition) is 0. The minimum Gasteiger partial charge on any atom is -0.253 e. The summed E-state index contributed by atoms with van der Waals surface area (Å²) in [5.41, 5.74) is 29.9. The summed E-state index contributed by atoms with van der Waals surface area (Å²) in [6.07, 6.45) is 3.88. The van der Waals surface area contributed by atoms with Crippen molar-refractivity contribution in [2.24, 2.45) is 0 Å². The normalized spacial score (nSPS) is 12.7. The molecule has 0 N–H and O–H groups in total. The summed E-state index contributed by atoms with van der Waals surface area (Å²) in [6, 6.07) is 105. The van der Waals surface area contributed by atoms with Gasteiger partial charge in [-0.05, 0) is 210 Å². The number of para-hydroxylation sites is 3. The van der Waals surface area contributed by atoms with Crippen LogP contribution in [0.25, 0.3) is 174 Å². The second-order valence-corrected chi connectivity index (χ2v) is 28.9. The second kappa shape index (κ2) is 23.4. The third-order valence-electron chi connectivity index (χ3n) is 23.4. The van der Waals surface area contributed by atoms with Crippen LogP contribution in [0.4, 0.5) is 0 Å². The summed E-state index contributed by atoms with van der Waals surface area (Å²) in [7, 11) is 0. The summed E-state index contributed by atoms with van der Waals surface area (Å²) in [4.78, 5) is 19.8. The standard InChI is InChI=1S/4C25H17N/c1-15-18-7-4-5-9-23(18)26-25-20-13-12-17-11-10-16-6-2-3-8-19(16)24(17)22(20)14-21(15)25;1-15-18-7-4-5-9-20(18)23-14-22-21(25(23)26-15)13-12-17-11-10-16-6-2-3-8-19(16)24(17)22;1-15-21-14-22-19(25(21)20-8-4-5-9-23(20)26-15)13-12-17-11-10-16-6-2-3-7-18(16)24(17)22;1-15-22-14-23-19-11-10-16-6-2-3-7-17(16)18(19)12-13-20(23)25(22)21-8-4-5-9-24(21)26-15/h4*2-13H,14H2,1H3. The summed E-state index contributed by atoms with van der Waals surface area (Å²) in [5.74, 6) is 0. The highest BCUT2D eigenvalue weighted by Gasteiger charge is 2.30. The van der Waals surface area contributed by atoms with E-state index in [9.17, 15) is 0 Å². The van der Waals surface area contributed by atoms with E-state index in [1.807, 2.05) is 0 Å². The molecular weight excluding hydrogens is 1260 g/mol. The number of rotatable bonds is 0. The van der Waals surface area contributed by atoms with Gasteiger partial charge in [0.15, 0.2) is 0 Å². The first-order chi connectivity index (χ1) is 51.2. The van der Waals surface area contributed by atoms with Gasteiger partial charge in [-0.25, -0.2) is 4.98 Å². The largest absolute Gasteiger partial charge is 0.253 e. The van der Waals surface area contributed by atoms with Gasteiger partial charge in [0, 0.05) is 75.4 Å². The maximum atomic E-state index is 5.04. The molecule has 0 amide bonds. The third-order valence-corrected chi connectivity index (χ3v) is 23.4. The van der Waals surface area contributed by atoms with E-state index in [0.29, 0.717) is 0 Å². The Kier molecular flexibility index (Phi) is 13.5. The van der Waals surface area contributed by atoms with Crippen LogP contribution in [-0.2, 0) is 25.7 Å². The van der Waals surface area contributed by atoms with Gasteiger partial charge in [-0.2, -0.15) is 0 Å². The molecule has 4 aromatic heterocycles. The molecular formula is C100H68N4. The van der Waals surface area contributed by atoms with Crippen LogP contribution in [0.2, 0.25) is 0 Å². The van der Waals surface area contributed by atoms with E-state index >= 15 is 0 Å². The Morgan fingerprint density at radius 2 is 0.519 bits per heavy atom. The maximum Gasteiger partial charge on any atom is 0.0750 e. The fourth-order valence-corrected chi connectivity index (χ4v) is 18.6. The molecule has 0 bridgehead atoms. The number of pyridine rings is 4. The van der Waals surface area contributed by atoms with Gasteiger partial charge in [0.2, 0.25) is 0 Å². The number of aromatic nitrogens is 4. The Morgan fingerprint density at radius 3 is 1.06 bits per heavy atom. The first-order valence-corrected chi connectivity index (χ1v) is 36.5. The Morgan fingerprint density at radius 1 is 0.192 bits per heavy atom. The molecule has 0 fully saturated rings. The van der Waals surface area contributed by atoms with E-state index < -0.39 is 0 Å². The van der Waals surface area contributed by atoms with E-state index in [1.165, 1.54) is 208 Å². The Labute approximate surface area is 602 Å². The molecule has 488 valence electrons. The van der Waals surface area contributed by atoms with Gasteiger partial charge in [-0.1, -0.05) is 273 Å². The van der Waals surface area contributed by atoms with Crippen LogP contribution in [-0.4, -0.2) is 19.9 Å².